The van der Waals surface area contributed by atoms with Crippen molar-refractivity contribution in [2.75, 3.05) is 47.5 Å². The number of esters is 2. The number of carboxylic acids is 1. The van der Waals surface area contributed by atoms with Gasteiger partial charge in [-0.1, -0.05) is 117 Å². The summed E-state index contributed by atoms with van der Waals surface area (Å²) in [4.78, 5) is 36.5. The first-order valence-corrected chi connectivity index (χ1v) is 17.2. The average Bonchev–Trinajstić information content (AvgIpc) is 2.94. The molecular weight excluding hydrogens is 550 g/mol. The number of quaternary nitrogens is 1. The first-order chi connectivity index (χ1) is 20.6. The van der Waals surface area contributed by atoms with Gasteiger partial charge < -0.3 is 28.5 Å². The van der Waals surface area contributed by atoms with Crippen LogP contribution in [-0.2, 0) is 33.3 Å². The number of carbonyl (C=O) groups excluding carboxylic acids is 2. The highest BCUT2D eigenvalue weighted by molar-refractivity contribution is 5.71. The largest absolute Gasteiger partial charge is 0.477 e. The molecule has 0 radical (unpaired) electrons. The van der Waals surface area contributed by atoms with E-state index < -0.39 is 24.3 Å². The summed E-state index contributed by atoms with van der Waals surface area (Å²) in [6, 6.07) is 0. The van der Waals surface area contributed by atoms with Gasteiger partial charge in [-0.25, -0.2) is 4.79 Å². The molecule has 254 valence electrons. The van der Waals surface area contributed by atoms with Crippen LogP contribution < -0.4 is 0 Å². The van der Waals surface area contributed by atoms with Crippen molar-refractivity contribution in [1.82, 2.24) is 0 Å². The fourth-order valence-corrected chi connectivity index (χ4v) is 4.60. The number of ether oxygens (including phenoxy) is 4. The SMILES string of the molecule is CCCCCCCCCCCCCC(=O)OC(COC(=O)CCCCCCCCC)COC(OCC[N+](C)(C)C)C(=O)O. The number of hydrogen-bond acceptors (Lipinski definition) is 7. The zero-order valence-electron chi connectivity index (χ0n) is 28.4. The van der Waals surface area contributed by atoms with Crippen molar-refractivity contribution in [3.8, 4) is 0 Å². The van der Waals surface area contributed by atoms with E-state index in [1.165, 1.54) is 77.0 Å². The second-order valence-corrected chi connectivity index (χ2v) is 12.8. The molecule has 0 aliphatic carbocycles. The highest BCUT2D eigenvalue weighted by Crippen LogP contribution is 2.13. The van der Waals surface area contributed by atoms with E-state index in [-0.39, 0.29) is 32.2 Å². The molecular formula is C34H66NO8+. The minimum Gasteiger partial charge on any atom is -0.477 e. The van der Waals surface area contributed by atoms with Crippen LogP contribution in [0.3, 0.4) is 0 Å². The third-order valence-corrected chi connectivity index (χ3v) is 7.36. The van der Waals surface area contributed by atoms with Gasteiger partial charge in [0.1, 0.15) is 13.2 Å². The number of aliphatic carboxylic acids is 1. The van der Waals surface area contributed by atoms with E-state index in [0.717, 1.165) is 38.5 Å². The van der Waals surface area contributed by atoms with Crippen molar-refractivity contribution in [3.05, 3.63) is 0 Å². The maximum atomic E-state index is 12.6. The van der Waals surface area contributed by atoms with Gasteiger partial charge >= 0.3 is 17.9 Å². The van der Waals surface area contributed by atoms with Gasteiger partial charge in [-0.3, -0.25) is 9.59 Å². The van der Waals surface area contributed by atoms with Crippen molar-refractivity contribution >= 4 is 17.9 Å². The third-order valence-electron chi connectivity index (χ3n) is 7.36. The Hall–Kier alpha value is -1.71. The van der Waals surface area contributed by atoms with E-state index in [9.17, 15) is 19.5 Å². The number of carboxylic acid groups (broad SMARTS) is 1. The van der Waals surface area contributed by atoms with Crippen LogP contribution in [0.4, 0.5) is 0 Å². The van der Waals surface area contributed by atoms with Crippen LogP contribution in [-0.4, -0.2) is 87.4 Å². The molecule has 2 unspecified atom stereocenters. The average molecular weight is 617 g/mol. The van der Waals surface area contributed by atoms with Gasteiger partial charge in [0, 0.05) is 12.8 Å². The Balaban J connectivity index is 4.58. The van der Waals surface area contributed by atoms with E-state index in [2.05, 4.69) is 13.8 Å². The molecule has 0 saturated carbocycles. The van der Waals surface area contributed by atoms with Gasteiger partial charge in [0.2, 0.25) is 0 Å². The minimum absolute atomic E-state index is 0.176. The summed E-state index contributed by atoms with van der Waals surface area (Å²) in [5, 5.41) is 9.52. The second-order valence-electron chi connectivity index (χ2n) is 12.8. The highest BCUT2D eigenvalue weighted by atomic mass is 16.7. The van der Waals surface area contributed by atoms with E-state index in [1.54, 1.807) is 0 Å². The van der Waals surface area contributed by atoms with E-state index in [1.807, 2.05) is 21.1 Å². The lowest BCUT2D eigenvalue weighted by Crippen LogP contribution is -2.40. The highest BCUT2D eigenvalue weighted by Gasteiger charge is 2.25. The molecule has 43 heavy (non-hydrogen) atoms. The normalized spacial score (nSPS) is 13.0. The van der Waals surface area contributed by atoms with Crippen molar-refractivity contribution in [2.24, 2.45) is 0 Å². The van der Waals surface area contributed by atoms with Crippen LogP contribution in [0.5, 0.6) is 0 Å². The molecule has 9 heteroatoms. The molecule has 0 heterocycles. The van der Waals surface area contributed by atoms with Gasteiger partial charge in [0.15, 0.2) is 6.10 Å². The van der Waals surface area contributed by atoms with Crippen molar-refractivity contribution in [3.63, 3.8) is 0 Å². The maximum absolute atomic E-state index is 12.6. The topological polar surface area (TPSA) is 108 Å². The van der Waals surface area contributed by atoms with Crippen LogP contribution in [0, 0.1) is 0 Å². The number of likely N-dealkylation sites (N-methyl/N-ethyl adjacent to an activating group) is 1. The third kappa shape index (κ3) is 28.8. The Morgan fingerprint density at radius 2 is 1.05 bits per heavy atom. The number of unbranched alkanes of at least 4 members (excludes halogenated alkanes) is 16. The lowest BCUT2D eigenvalue weighted by atomic mass is 10.1. The van der Waals surface area contributed by atoms with Crippen LogP contribution >= 0.6 is 0 Å². The lowest BCUT2D eigenvalue weighted by molar-refractivity contribution is -0.870. The lowest BCUT2D eigenvalue weighted by Gasteiger charge is -2.25. The molecule has 0 aliphatic rings. The fraction of sp³-hybridized carbons (Fsp3) is 0.912. The first kappa shape index (κ1) is 41.3. The number of rotatable bonds is 31. The Labute approximate surface area is 262 Å². The summed E-state index contributed by atoms with van der Waals surface area (Å²) in [6.45, 7) is 4.79. The van der Waals surface area contributed by atoms with E-state index >= 15 is 0 Å². The van der Waals surface area contributed by atoms with E-state index in [4.69, 9.17) is 18.9 Å². The molecule has 0 fully saturated rings. The number of carbonyl (C=O) groups is 3. The van der Waals surface area contributed by atoms with Gasteiger partial charge in [-0.05, 0) is 12.8 Å². The zero-order valence-corrected chi connectivity index (χ0v) is 28.4. The molecule has 0 aromatic rings. The van der Waals surface area contributed by atoms with Gasteiger partial charge in [0.05, 0.1) is 34.4 Å². The predicted octanol–water partition coefficient (Wildman–Crippen LogP) is 7.43. The van der Waals surface area contributed by atoms with Crippen molar-refractivity contribution < 1.29 is 42.9 Å². The van der Waals surface area contributed by atoms with Crippen molar-refractivity contribution in [1.29, 1.82) is 0 Å². The van der Waals surface area contributed by atoms with Gasteiger partial charge in [0.25, 0.3) is 6.29 Å². The summed E-state index contributed by atoms with van der Waals surface area (Å²) in [6.07, 6.45) is 18.9. The molecule has 0 aromatic carbocycles. The molecule has 0 aliphatic heterocycles. The minimum atomic E-state index is -1.50. The Kier molecular flexibility index (Phi) is 26.7. The summed E-state index contributed by atoms with van der Waals surface area (Å²) in [5.41, 5.74) is 0. The van der Waals surface area contributed by atoms with E-state index in [0.29, 0.717) is 17.4 Å². The standard InChI is InChI=1S/C34H65NO8/c1-6-8-10-12-14-15-16-17-19-21-23-25-32(37)43-30(28-41-31(36)24-22-20-18-13-11-9-7-2)29-42-34(33(38)39)40-27-26-35(3,4)5/h30,34H,6-29H2,1-5H3/p+1. The second kappa shape index (κ2) is 27.8. The molecule has 0 spiro atoms. The molecule has 0 aromatic heterocycles. The molecule has 9 nitrogen and oxygen atoms in total. The van der Waals surface area contributed by atoms with Gasteiger partial charge in [-0.15, -0.1) is 0 Å². The van der Waals surface area contributed by atoms with Crippen LogP contribution in [0.15, 0.2) is 0 Å². The zero-order chi connectivity index (χ0) is 32.2. The van der Waals surface area contributed by atoms with Crippen LogP contribution in [0.1, 0.15) is 142 Å². The fourth-order valence-electron chi connectivity index (χ4n) is 4.60. The molecule has 1 N–H and O–H groups in total. The van der Waals surface area contributed by atoms with Crippen LogP contribution in [0.25, 0.3) is 0 Å². The summed E-state index contributed by atoms with van der Waals surface area (Å²) >= 11 is 0. The summed E-state index contributed by atoms with van der Waals surface area (Å²) < 4.78 is 22.5. The maximum Gasteiger partial charge on any atom is 0.361 e. The monoisotopic (exact) mass is 616 g/mol. The first-order valence-electron chi connectivity index (χ1n) is 17.2. The molecule has 0 amide bonds. The predicted molar refractivity (Wildman–Crippen MR) is 171 cm³/mol. The number of nitrogens with zero attached hydrogens (tertiary/aromatic N) is 1. The quantitative estimate of drug-likeness (QED) is 0.0371. The molecule has 0 bridgehead atoms. The Morgan fingerprint density at radius 1 is 0.605 bits per heavy atom. The summed E-state index contributed by atoms with van der Waals surface area (Å²) in [7, 11) is 5.93. The smallest absolute Gasteiger partial charge is 0.361 e. The number of hydrogen-bond donors (Lipinski definition) is 1. The van der Waals surface area contributed by atoms with Crippen LogP contribution in [0.2, 0.25) is 0 Å². The molecule has 0 saturated heterocycles. The summed E-state index contributed by atoms with van der Waals surface area (Å²) in [5.74, 6) is -2.01. The molecule has 2 atom stereocenters. The van der Waals surface area contributed by atoms with Crippen molar-refractivity contribution in [2.45, 2.75) is 155 Å². The van der Waals surface area contributed by atoms with Gasteiger partial charge in [-0.2, -0.15) is 0 Å². The molecule has 0 rings (SSSR count). The Bertz CT molecular complexity index is 694. The Morgan fingerprint density at radius 3 is 1.49 bits per heavy atom.